The van der Waals surface area contributed by atoms with Crippen LogP contribution in [0.2, 0.25) is 5.02 Å². The summed E-state index contributed by atoms with van der Waals surface area (Å²) < 4.78 is 0. The van der Waals surface area contributed by atoms with Gasteiger partial charge in [-0.2, -0.15) is 0 Å². The molecule has 0 aliphatic carbocycles. The first-order valence-corrected chi connectivity index (χ1v) is 8.15. The van der Waals surface area contributed by atoms with Crippen molar-refractivity contribution in [1.29, 1.82) is 0 Å². The van der Waals surface area contributed by atoms with E-state index in [-0.39, 0.29) is 5.54 Å². The molecule has 0 aliphatic heterocycles. The Bertz CT molecular complexity index is 410. The van der Waals surface area contributed by atoms with E-state index in [1.165, 1.54) is 10.5 Å². The third kappa shape index (κ3) is 6.20. The van der Waals surface area contributed by atoms with Crippen LogP contribution in [-0.4, -0.2) is 10.8 Å². The van der Waals surface area contributed by atoms with Crippen LogP contribution in [0.4, 0.5) is 0 Å². The molecule has 0 fully saturated rings. The van der Waals surface area contributed by atoms with Gasteiger partial charge in [-0.15, -0.1) is 11.8 Å². The summed E-state index contributed by atoms with van der Waals surface area (Å²) in [7, 11) is 0. The van der Waals surface area contributed by atoms with Gasteiger partial charge in [0.2, 0.25) is 0 Å². The highest BCUT2D eigenvalue weighted by atomic mass is 35.5. The number of hydrogen-bond donors (Lipinski definition) is 1. The van der Waals surface area contributed by atoms with E-state index in [9.17, 15) is 0 Å². The molecule has 3 heteroatoms. The van der Waals surface area contributed by atoms with Gasteiger partial charge < -0.3 is 5.32 Å². The number of benzene rings is 1. The van der Waals surface area contributed by atoms with Crippen LogP contribution in [0.15, 0.2) is 23.1 Å². The SMILES string of the molecule is CC(C)C(C)Sc1ccc(Cl)cc1CNC(C)(C)C. The minimum absolute atomic E-state index is 0.119. The van der Waals surface area contributed by atoms with Crippen molar-refractivity contribution < 1.29 is 0 Å². The highest BCUT2D eigenvalue weighted by molar-refractivity contribution is 8.00. The minimum atomic E-state index is 0.119. The zero-order chi connectivity index (χ0) is 14.6. The molecule has 0 aliphatic rings. The number of hydrogen-bond acceptors (Lipinski definition) is 2. The Morgan fingerprint density at radius 1 is 1.21 bits per heavy atom. The van der Waals surface area contributed by atoms with Crippen LogP contribution < -0.4 is 5.32 Å². The van der Waals surface area contributed by atoms with Crippen LogP contribution in [0.25, 0.3) is 0 Å². The molecule has 0 spiro atoms. The average molecular weight is 300 g/mol. The molecule has 1 aromatic rings. The summed E-state index contributed by atoms with van der Waals surface area (Å²) in [5, 5.41) is 4.95. The molecule has 1 unspecified atom stereocenters. The van der Waals surface area contributed by atoms with Crippen molar-refractivity contribution >= 4 is 23.4 Å². The van der Waals surface area contributed by atoms with E-state index in [0.29, 0.717) is 11.2 Å². The molecule has 0 bridgehead atoms. The first-order chi connectivity index (χ1) is 8.69. The van der Waals surface area contributed by atoms with Crippen molar-refractivity contribution in [2.45, 2.75) is 63.8 Å². The van der Waals surface area contributed by atoms with Crippen molar-refractivity contribution in [3.05, 3.63) is 28.8 Å². The molecule has 0 amide bonds. The van der Waals surface area contributed by atoms with Crippen molar-refractivity contribution in [3.63, 3.8) is 0 Å². The third-order valence-corrected chi connectivity index (χ3v) is 4.89. The van der Waals surface area contributed by atoms with Gasteiger partial charge in [0.1, 0.15) is 0 Å². The summed E-state index contributed by atoms with van der Waals surface area (Å²) in [4.78, 5) is 1.34. The van der Waals surface area contributed by atoms with E-state index < -0.39 is 0 Å². The molecule has 19 heavy (non-hydrogen) atoms. The number of thioether (sulfide) groups is 1. The van der Waals surface area contributed by atoms with E-state index in [1.54, 1.807) is 0 Å². The Labute approximate surface area is 127 Å². The van der Waals surface area contributed by atoms with Gasteiger partial charge in [-0.05, 0) is 50.5 Å². The maximum absolute atomic E-state index is 6.13. The smallest absolute Gasteiger partial charge is 0.0410 e. The standard InChI is InChI=1S/C16H26ClNS/c1-11(2)12(3)19-15-8-7-14(17)9-13(15)10-18-16(4,5)6/h7-9,11-12,18H,10H2,1-6H3. The third-order valence-electron chi connectivity index (χ3n) is 3.08. The van der Waals surface area contributed by atoms with Crippen LogP contribution in [-0.2, 0) is 6.54 Å². The van der Waals surface area contributed by atoms with Crippen LogP contribution >= 0.6 is 23.4 Å². The van der Waals surface area contributed by atoms with Gasteiger partial charge in [0.05, 0.1) is 0 Å². The van der Waals surface area contributed by atoms with Gasteiger partial charge in [0.15, 0.2) is 0 Å². The molecule has 1 rings (SSSR count). The van der Waals surface area contributed by atoms with Crippen LogP contribution in [0.3, 0.4) is 0 Å². The molecule has 0 aromatic heterocycles. The Balaban J connectivity index is 2.85. The fourth-order valence-corrected chi connectivity index (χ4v) is 2.79. The van der Waals surface area contributed by atoms with Gasteiger partial charge in [0, 0.05) is 27.3 Å². The van der Waals surface area contributed by atoms with E-state index in [1.807, 2.05) is 17.8 Å². The fraction of sp³-hybridized carbons (Fsp3) is 0.625. The monoisotopic (exact) mass is 299 g/mol. The Morgan fingerprint density at radius 3 is 2.37 bits per heavy atom. The normalized spacial score (nSPS) is 13.9. The van der Waals surface area contributed by atoms with Crippen molar-refractivity contribution in [2.75, 3.05) is 0 Å². The quantitative estimate of drug-likeness (QED) is 0.734. The van der Waals surface area contributed by atoms with Crippen molar-refractivity contribution in [2.24, 2.45) is 5.92 Å². The molecule has 0 saturated heterocycles. The Hall–Kier alpha value is -0.180. The van der Waals surface area contributed by atoms with Gasteiger partial charge in [0.25, 0.3) is 0 Å². The van der Waals surface area contributed by atoms with Gasteiger partial charge >= 0.3 is 0 Å². The number of nitrogens with one attached hydrogen (secondary N) is 1. The summed E-state index contributed by atoms with van der Waals surface area (Å²) in [6.45, 7) is 14.2. The highest BCUT2D eigenvalue weighted by Gasteiger charge is 2.14. The number of rotatable bonds is 5. The molecular formula is C16H26ClNS. The van der Waals surface area contributed by atoms with E-state index in [4.69, 9.17) is 11.6 Å². The van der Waals surface area contributed by atoms with E-state index in [2.05, 4.69) is 59.0 Å². The van der Waals surface area contributed by atoms with E-state index in [0.717, 1.165) is 11.6 Å². The molecule has 0 saturated carbocycles. The second-order valence-corrected chi connectivity index (χ2v) is 8.28. The average Bonchev–Trinajstić information content (AvgIpc) is 2.28. The van der Waals surface area contributed by atoms with Crippen LogP contribution in [0.1, 0.15) is 47.1 Å². The molecule has 1 N–H and O–H groups in total. The molecule has 1 nitrogen and oxygen atoms in total. The highest BCUT2D eigenvalue weighted by Crippen LogP contribution is 2.32. The molecule has 1 atom stereocenters. The molecule has 0 heterocycles. The molecular weight excluding hydrogens is 274 g/mol. The lowest BCUT2D eigenvalue weighted by Crippen LogP contribution is -2.35. The molecule has 1 aromatic carbocycles. The van der Waals surface area contributed by atoms with Crippen molar-refractivity contribution in [3.8, 4) is 0 Å². The van der Waals surface area contributed by atoms with Gasteiger partial charge in [-0.25, -0.2) is 0 Å². The second-order valence-electron chi connectivity index (χ2n) is 6.42. The fourth-order valence-electron chi connectivity index (χ4n) is 1.50. The second kappa shape index (κ2) is 7.01. The maximum atomic E-state index is 6.13. The van der Waals surface area contributed by atoms with Crippen molar-refractivity contribution in [1.82, 2.24) is 5.32 Å². The number of halogens is 1. The predicted octanol–water partition coefficient (Wildman–Crippen LogP) is 5.36. The summed E-state index contributed by atoms with van der Waals surface area (Å²) in [5.74, 6) is 0.670. The summed E-state index contributed by atoms with van der Waals surface area (Å²) in [5.41, 5.74) is 1.41. The Kier molecular flexibility index (Phi) is 6.22. The first-order valence-electron chi connectivity index (χ1n) is 6.89. The Morgan fingerprint density at radius 2 is 1.84 bits per heavy atom. The first kappa shape index (κ1) is 16.9. The predicted molar refractivity (Wildman–Crippen MR) is 88.2 cm³/mol. The van der Waals surface area contributed by atoms with Crippen LogP contribution in [0.5, 0.6) is 0 Å². The maximum Gasteiger partial charge on any atom is 0.0410 e. The summed E-state index contributed by atoms with van der Waals surface area (Å²) in [6.07, 6.45) is 0. The van der Waals surface area contributed by atoms with Crippen LogP contribution in [0, 0.1) is 5.92 Å². The van der Waals surface area contributed by atoms with Gasteiger partial charge in [-0.1, -0.05) is 32.4 Å². The zero-order valence-corrected chi connectivity index (χ0v) is 14.5. The summed E-state index contributed by atoms with van der Waals surface area (Å²) >= 11 is 8.07. The minimum Gasteiger partial charge on any atom is -0.308 e. The lowest BCUT2D eigenvalue weighted by atomic mass is 10.1. The van der Waals surface area contributed by atoms with Gasteiger partial charge in [-0.3, -0.25) is 0 Å². The molecule has 0 radical (unpaired) electrons. The summed E-state index contributed by atoms with van der Waals surface area (Å²) in [6, 6.07) is 6.21. The van der Waals surface area contributed by atoms with E-state index >= 15 is 0 Å². The molecule has 108 valence electrons. The largest absolute Gasteiger partial charge is 0.308 e. The lowest BCUT2D eigenvalue weighted by molar-refractivity contribution is 0.422. The lowest BCUT2D eigenvalue weighted by Gasteiger charge is -2.23. The zero-order valence-electron chi connectivity index (χ0n) is 12.9. The topological polar surface area (TPSA) is 12.0 Å².